The van der Waals surface area contributed by atoms with Crippen molar-refractivity contribution >= 4 is 19.2 Å². The van der Waals surface area contributed by atoms with Gasteiger partial charge in [-0.2, -0.15) is 0 Å². The Morgan fingerprint density at radius 2 is 1.47 bits per heavy atom. The molecule has 1 rings (SSSR count). The van der Waals surface area contributed by atoms with Crippen molar-refractivity contribution < 1.29 is 18.7 Å². The molecule has 4 nitrogen and oxygen atoms in total. The highest BCUT2D eigenvalue weighted by Gasteiger charge is 2.37. The Hall–Kier alpha value is -0.380. The third-order valence-corrected chi connectivity index (χ3v) is 4.76. The van der Waals surface area contributed by atoms with Crippen molar-refractivity contribution in [3.05, 3.63) is 34.9 Å². The second-order valence-electron chi connectivity index (χ2n) is 4.77. The lowest BCUT2D eigenvalue weighted by Crippen LogP contribution is -2.13. The van der Waals surface area contributed by atoms with Crippen LogP contribution in [0.1, 0.15) is 39.1 Å². The minimum Gasteiger partial charge on any atom is -0.376 e. The van der Waals surface area contributed by atoms with Crippen LogP contribution in [0.5, 0.6) is 0 Å². The van der Waals surface area contributed by atoms with Crippen molar-refractivity contribution in [1.82, 2.24) is 0 Å². The molecule has 0 amide bonds. The third-order valence-electron chi connectivity index (χ3n) is 2.18. The first-order valence-corrected chi connectivity index (χ1v) is 8.13. The van der Waals surface area contributed by atoms with Gasteiger partial charge in [0.1, 0.15) is 0 Å². The highest BCUT2D eigenvalue weighted by atomic mass is 35.5. The fourth-order valence-electron chi connectivity index (χ4n) is 1.55. The Balaban J connectivity index is 3.03. The van der Waals surface area contributed by atoms with Crippen molar-refractivity contribution in [2.45, 2.75) is 45.7 Å². The molecule has 0 heterocycles. The normalized spacial score (nSPS) is 14.1. The van der Waals surface area contributed by atoms with E-state index in [1.807, 2.05) is 0 Å². The van der Waals surface area contributed by atoms with E-state index in [1.54, 1.807) is 52.0 Å². The van der Waals surface area contributed by atoms with Crippen LogP contribution in [0, 0.1) is 0 Å². The SMILES string of the molecule is CC(C)OP(=O)(OC(C)C)[C@@H](O)c1ccc(Cl)cc1. The molecule has 19 heavy (non-hydrogen) atoms. The van der Waals surface area contributed by atoms with Crippen molar-refractivity contribution in [2.75, 3.05) is 0 Å². The van der Waals surface area contributed by atoms with Crippen LogP contribution in [0.4, 0.5) is 0 Å². The predicted molar refractivity (Wildman–Crippen MR) is 76.5 cm³/mol. The van der Waals surface area contributed by atoms with E-state index >= 15 is 0 Å². The Labute approximate surface area is 119 Å². The van der Waals surface area contributed by atoms with E-state index in [9.17, 15) is 9.67 Å². The zero-order chi connectivity index (χ0) is 14.6. The molecule has 1 aromatic carbocycles. The van der Waals surface area contributed by atoms with E-state index in [4.69, 9.17) is 20.6 Å². The molecule has 108 valence electrons. The van der Waals surface area contributed by atoms with Crippen LogP contribution in [0.3, 0.4) is 0 Å². The first-order valence-electron chi connectivity index (χ1n) is 6.14. The van der Waals surface area contributed by atoms with Gasteiger partial charge in [0, 0.05) is 5.02 Å². The summed E-state index contributed by atoms with van der Waals surface area (Å²) in [5, 5.41) is 10.8. The highest BCUT2D eigenvalue weighted by Crippen LogP contribution is 2.61. The lowest BCUT2D eigenvalue weighted by Gasteiger charge is -2.26. The second kappa shape index (κ2) is 6.87. The first kappa shape index (κ1) is 16.7. The summed E-state index contributed by atoms with van der Waals surface area (Å²) in [5.41, 5.74) is 0.453. The average Bonchev–Trinajstić information content (AvgIpc) is 2.26. The molecule has 1 aromatic rings. The van der Waals surface area contributed by atoms with E-state index in [0.29, 0.717) is 10.6 Å². The van der Waals surface area contributed by atoms with Gasteiger partial charge >= 0.3 is 7.60 Å². The highest BCUT2D eigenvalue weighted by molar-refractivity contribution is 7.54. The number of halogens is 1. The van der Waals surface area contributed by atoms with E-state index in [0.717, 1.165) is 0 Å². The number of hydrogen-bond acceptors (Lipinski definition) is 4. The molecular weight excluding hydrogens is 287 g/mol. The van der Waals surface area contributed by atoms with Crippen molar-refractivity contribution in [3.63, 3.8) is 0 Å². The van der Waals surface area contributed by atoms with Gasteiger partial charge in [-0.15, -0.1) is 0 Å². The summed E-state index contributed by atoms with van der Waals surface area (Å²) in [6.45, 7) is 6.96. The van der Waals surface area contributed by atoms with Gasteiger partial charge in [-0.3, -0.25) is 4.57 Å². The van der Waals surface area contributed by atoms with Gasteiger partial charge in [0.05, 0.1) is 12.2 Å². The van der Waals surface area contributed by atoms with Crippen LogP contribution in [-0.4, -0.2) is 17.3 Å². The topological polar surface area (TPSA) is 55.8 Å². The van der Waals surface area contributed by atoms with Gasteiger partial charge in [-0.1, -0.05) is 23.7 Å². The van der Waals surface area contributed by atoms with Crippen molar-refractivity contribution in [2.24, 2.45) is 0 Å². The van der Waals surface area contributed by atoms with E-state index in [2.05, 4.69) is 0 Å². The smallest absolute Gasteiger partial charge is 0.363 e. The quantitative estimate of drug-likeness (QED) is 0.793. The molecule has 0 unspecified atom stereocenters. The van der Waals surface area contributed by atoms with E-state index in [-0.39, 0.29) is 12.2 Å². The molecule has 0 fully saturated rings. The molecule has 6 heteroatoms. The second-order valence-corrected chi connectivity index (χ2v) is 7.20. The predicted octanol–water partition coefficient (Wildman–Crippen LogP) is 4.37. The largest absolute Gasteiger partial charge is 0.376 e. The lowest BCUT2D eigenvalue weighted by atomic mass is 10.2. The maximum Gasteiger partial charge on any atom is 0.363 e. The number of aliphatic hydroxyl groups excluding tert-OH is 1. The van der Waals surface area contributed by atoms with Crippen LogP contribution in [0.15, 0.2) is 24.3 Å². The van der Waals surface area contributed by atoms with Crippen molar-refractivity contribution in [3.8, 4) is 0 Å². The summed E-state index contributed by atoms with van der Waals surface area (Å²) in [5.74, 6) is -1.32. The third kappa shape index (κ3) is 4.90. The average molecular weight is 307 g/mol. The molecule has 0 aromatic heterocycles. The molecule has 0 aliphatic rings. The number of hydrogen-bond donors (Lipinski definition) is 1. The van der Waals surface area contributed by atoms with Gasteiger partial charge in [-0.25, -0.2) is 0 Å². The summed E-state index contributed by atoms with van der Waals surface area (Å²) < 4.78 is 23.4. The summed E-state index contributed by atoms with van der Waals surface area (Å²) in [6, 6.07) is 6.45. The van der Waals surface area contributed by atoms with Gasteiger partial charge in [0.15, 0.2) is 5.85 Å². The fourth-order valence-corrected chi connectivity index (χ4v) is 3.66. The number of benzene rings is 1. The van der Waals surface area contributed by atoms with Gasteiger partial charge in [0.25, 0.3) is 0 Å². The molecule has 0 radical (unpaired) electrons. The molecule has 0 saturated heterocycles. The number of rotatable bonds is 6. The zero-order valence-electron chi connectivity index (χ0n) is 11.5. The molecule has 1 atom stereocenters. The number of aliphatic hydroxyl groups is 1. The maximum atomic E-state index is 12.7. The first-order chi connectivity index (χ1) is 8.74. The minimum atomic E-state index is -3.65. The molecule has 0 aliphatic carbocycles. The van der Waals surface area contributed by atoms with Gasteiger partial charge < -0.3 is 14.2 Å². The molecular formula is C13H20ClO4P. The van der Waals surface area contributed by atoms with Crippen LogP contribution in [0.2, 0.25) is 5.02 Å². The minimum absolute atomic E-state index is 0.313. The summed E-state index contributed by atoms with van der Waals surface area (Å²) in [6.07, 6.45) is -0.627. The summed E-state index contributed by atoms with van der Waals surface area (Å²) in [7, 11) is -3.65. The summed E-state index contributed by atoms with van der Waals surface area (Å²) in [4.78, 5) is 0. The molecule has 0 spiro atoms. The Morgan fingerprint density at radius 1 is 1.05 bits per heavy atom. The Kier molecular flexibility index (Phi) is 6.03. The van der Waals surface area contributed by atoms with E-state index < -0.39 is 13.4 Å². The van der Waals surface area contributed by atoms with Crippen LogP contribution >= 0.6 is 19.2 Å². The van der Waals surface area contributed by atoms with Gasteiger partial charge in [0.2, 0.25) is 0 Å². The lowest BCUT2D eigenvalue weighted by molar-refractivity contribution is 0.101. The van der Waals surface area contributed by atoms with Crippen LogP contribution in [0.25, 0.3) is 0 Å². The zero-order valence-corrected chi connectivity index (χ0v) is 13.2. The maximum absolute atomic E-state index is 12.7. The molecule has 0 aliphatic heterocycles. The van der Waals surface area contributed by atoms with Crippen LogP contribution < -0.4 is 0 Å². The standard InChI is InChI=1S/C13H20ClO4P/c1-9(2)17-19(16,18-10(3)4)13(15)11-5-7-12(14)8-6-11/h5-10,13,15H,1-4H3/t13-/m1/s1. The monoisotopic (exact) mass is 306 g/mol. The van der Waals surface area contributed by atoms with Gasteiger partial charge in [-0.05, 0) is 45.4 Å². The van der Waals surface area contributed by atoms with E-state index in [1.165, 1.54) is 0 Å². The molecule has 0 bridgehead atoms. The Bertz CT molecular complexity index is 430. The van der Waals surface area contributed by atoms with Crippen LogP contribution in [-0.2, 0) is 13.6 Å². The van der Waals surface area contributed by atoms with Crippen molar-refractivity contribution in [1.29, 1.82) is 0 Å². The Morgan fingerprint density at radius 3 is 1.84 bits per heavy atom. The molecule has 1 N–H and O–H groups in total. The fraction of sp³-hybridized carbons (Fsp3) is 0.538. The summed E-state index contributed by atoms with van der Waals surface area (Å²) >= 11 is 5.79. The molecule has 0 saturated carbocycles.